The Hall–Kier alpha value is -6.47. The van der Waals surface area contributed by atoms with Crippen LogP contribution in [0.3, 0.4) is 0 Å². The molecule has 68 heavy (non-hydrogen) atoms. The lowest BCUT2D eigenvalue weighted by atomic mass is 9.85. The molecule has 3 atom stereocenters. The van der Waals surface area contributed by atoms with E-state index < -0.39 is 48.9 Å². The van der Waals surface area contributed by atoms with Gasteiger partial charge in [-0.1, -0.05) is 24.0 Å². The third kappa shape index (κ3) is 9.24. The standard InChI is InChI=1S/C46H47F6N11O5/c47-33-23-59(16-14-35(33)68-19-2-4-27-3-1-5-30-39(31-12-13-38(64)56-44(31)65)58-63(41(27)30)29-10-11-29)22-26-6-8-28(9-7-26)62-24-34(40(57-62)42(48)49)54-45(66)32-21-53-61-17-15-37(55-43(32)61)60-18-20-67-25-36(60)46(50,51)52/h1,3,5,14-15,17,21,24,26,28-29,31,33,36,42H,6-13,16,18-20,22-23,25H2,(H,54,66)(H,56,64,65)/t26-,28-,31?,33-,36?/m1/s1. The van der Waals surface area contributed by atoms with Crippen LogP contribution in [0.1, 0.15) is 103 Å². The van der Waals surface area contributed by atoms with Crippen molar-refractivity contribution in [2.24, 2.45) is 5.92 Å². The lowest BCUT2D eigenvalue weighted by Crippen LogP contribution is -2.54. The van der Waals surface area contributed by atoms with Crippen molar-refractivity contribution >= 4 is 45.8 Å². The smallest absolute Gasteiger partial charge is 0.411 e. The van der Waals surface area contributed by atoms with Gasteiger partial charge in [-0.3, -0.25) is 34.0 Å². The second kappa shape index (κ2) is 18.6. The normalized spacial score (nSPS) is 24.0. The third-order valence-electron chi connectivity index (χ3n) is 13.4. The molecule has 2 N–H and O–H groups in total. The number of imide groups is 1. The van der Waals surface area contributed by atoms with Gasteiger partial charge in [0.05, 0.1) is 59.9 Å². The second-order valence-electron chi connectivity index (χ2n) is 17.9. The summed E-state index contributed by atoms with van der Waals surface area (Å²) in [5, 5.41) is 18.9. The van der Waals surface area contributed by atoms with Gasteiger partial charge < -0.3 is 19.7 Å². The molecule has 358 valence electrons. The predicted octanol–water partition coefficient (Wildman–Crippen LogP) is 6.43. The van der Waals surface area contributed by atoms with Crippen LogP contribution in [0.4, 0.5) is 37.8 Å². The Balaban J connectivity index is 0.732. The molecule has 2 unspecified atom stereocenters. The van der Waals surface area contributed by atoms with Gasteiger partial charge in [-0.15, -0.1) is 0 Å². The highest BCUT2D eigenvalue weighted by atomic mass is 19.4. The fourth-order valence-electron chi connectivity index (χ4n) is 9.73. The highest BCUT2D eigenvalue weighted by molar-refractivity contribution is 6.08. The van der Waals surface area contributed by atoms with E-state index in [0.717, 1.165) is 47.0 Å². The summed E-state index contributed by atoms with van der Waals surface area (Å²) in [4.78, 5) is 45.4. The van der Waals surface area contributed by atoms with Crippen LogP contribution in [-0.4, -0.2) is 121 Å². The average Bonchev–Trinajstić information content (AvgIpc) is 3.74. The molecule has 2 aliphatic carbocycles. The predicted molar refractivity (Wildman–Crippen MR) is 233 cm³/mol. The molecule has 0 bridgehead atoms. The molecule has 10 rings (SSSR count). The molecule has 22 heteroatoms. The molecule has 3 aliphatic heterocycles. The molecule has 4 aromatic heterocycles. The lowest BCUT2D eigenvalue weighted by molar-refractivity contribution is -0.167. The maximum absolute atomic E-state index is 15.5. The van der Waals surface area contributed by atoms with Crippen LogP contribution in [0.15, 0.2) is 54.7 Å². The SMILES string of the molecule is O=C1CCC(c2nn(C3CC3)c3c(C#CCOC4=CCN(C[C@H]5CC[C@H](n6cc(NC(=O)c7cnn8ccc(N9CCOCC9C(F)(F)F)nc78)c(C(F)F)n6)CC5)C[C@H]4F)cccc23)C(=O)N1. The van der Waals surface area contributed by atoms with Gasteiger partial charge >= 0.3 is 6.18 Å². The van der Waals surface area contributed by atoms with E-state index in [2.05, 4.69) is 37.7 Å². The lowest BCUT2D eigenvalue weighted by Gasteiger charge is -2.37. The van der Waals surface area contributed by atoms with Gasteiger partial charge in [0, 0.05) is 50.4 Å². The second-order valence-corrected chi connectivity index (χ2v) is 17.9. The number of halogens is 6. The van der Waals surface area contributed by atoms with Gasteiger partial charge in [0.15, 0.2) is 17.5 Å². The van der Waals surface area contributed by atoms with Crippen LogP contribution < -0.4 is 15.5 Å². The molecule has 2 saturated carbocycles. The van der Waals surface area contributed by atoms with Crippen LogP contribution in [0.25, 0.3) is 16.6 Å². The van der Waals surface area contributed by atoms with E-state index in [9.17, 15) is 36.3 Å². The quantitative estimate of drug-likeness (QED) is 0.0853. The number of fused-ring (bicyclic) bond motifs is 2. The number of hydrogen-bond donors (Lipinski definition) is 2. The fourth-order valence-corrected chi connectivity index (χ4v) is 9.73. The van der Waals surface area contributed by atoms with Crippen molar-refractivity contribution in [3.63, 3.8) is 0 Å². The largest absolute Gasteiger partial charge is 0.482 e. The molecule has 3 amide bonds. The van der Waals surface area contributed by atoms with Crippen molar-refractivity contribution in [3.05, 3.63) is 77.2 Å². The number of benzene rings is 1. The average molecular weight is 948 g/mol. The first-order valence-corrected chi connectivity index (χ1v) is 22.8. The highest BCUT2D eigenvalue weighted by Crippen LogP contribution is 2.41. The van der Waals surface area contributed by atoms with E-state index in [0.29, 0.717) is 38.0 Å². The van der Waals surface area contributed by atoms with Gasteiger partial charge in [-0.25, -0.2) is 22.7 Å². The van der Waals surface area contributed by atoms with Crippen molar-refractivity contribution in [1.29, 1.82) is 0 Å². The number of rotatable bonds is 11. The zero-order valence-electron chi connectivity index (χ0n) is 36.6. The van der Waals surface area contributed by atoms with E-state index in [1.54, 1.807) is 6.08 Å². The summed E-state index contributed by atoms with van der Waals surface area (Å²) >= 11 is 0. The Morgan fingerprint density at radius 1 is 1.04 bits per heavy atom. The summed E-state index contributed by atoms with van der Waals surface area (Å²) in [5.74, 6) is 4.63. The summed E-state index contributed by atoms with van der Waals surface area (Å²) in [7, 11) is 0. The Morgan fingerprint density at radius 3 is 2.60 bits per heavy atom. The summed E-state index contributed by atoms with van der Waals surface area (Å²) in [6, 6.07) is 5.07. The minimum Gasteiger partial charge on any atom is -0.482 e. The maximum atomic E-state index is 15.5. The maximum Gasteiger partial charge on any atom is 0.411 e. The Labute approximate surface area is 385 Å². The van der Waals surface area contributed by atoms with E-state index in [1.165, 1.54) is 33.9 Å². The number of hydrogen-bond acceptors (Lipinski definition) is 11. The van der Waals surface area contributed by atoms with Crippen LogP contribution in [-0.2, 0) is 19.1 Å². The first-order chi connectivity index (χ1) is 32.8. The van der Waals surface area contributed by atoms with Crippen LogP contribution in [0.5, 0.6) is 0 Å². The molecular formula is C46H47F6N11O5. The molecule has 5 aromatic rings. The number of carbonyl (C=O) groups is 3. The molecule has 0 spiro atoms. The molecular weight excluding hydrogens is 901 g/mol. The Kier molecular flexibility index (Phi) is 12.4. The number of piperidine rings is 1. The molecule has 16 nitrogen and oxygen atoms in total. The van der Waals surface area contributed by atoms with Crippen molar-refractivity contribution in [2.75, 3.05) is 56.2 Å². The Bertz CT molecular complexity index is 2840. The van der Waals surface area contributed by atoms with E-state index in [1.807, 2.05) is 27.8 Å². The summed E-state index contributed by atoms with van der Waals surface area (Å²) in [6.45, 7) is 0.623. The topological polar surface area (TPSA) is 166 Å². The molecule has 5 aliphatic rings. The zero-order chi connectivity index (χ0) is 47.3. The molecule has 4 fully saturated rings. The first kappa shape index (κ1) is 45.3. The van der Waals surface area contributed by atoms with Gasteiger partial charge in [0.25, 0.3) is 12.3 Å². The monoisotopic (exact) mass is 947 g/mol. The molecule has 2 saturated heterocycles. The third-order valence-corrected chi connectivity index (χ3v) is 13.4. The summed E-state index contributed by atoms with van der Waals surface area (Å²) in [6.07, 6.45) is 1.97. The van der Waals surface area contributed by atoms with Gasteiger partial charge in [-0.2, -0.15) is 28.5 Å². The van der Waals surface area contributed by atoms with E-state index in [4.69, 9.17) is 14.6 Å². The fraction of sp³-hybridized carbons (Fsp3) is 0.500. The van der Waals surface area contributed by atoms with E-state index in [-0.39, 0.29) is 91.0 Å². The summed E-state index contributed by atoms with van der Waals surface area (Å²) in [5.41, 5.74) is 1.19. The van der Waals surface area contributed by atoms with Crippen LogP contribution in [0.2, 0.25) is 0 Å². The van der Waals surface area contributed by atoms with Crippen molar-refractivity contribution < 1.29 is 50.2 Å². The van der Waals surface area contributed by atoms with Crippen LogP contribution >= 0.6 is 0 Å². The number of nitrogens with one attached hydrogen (secondary N) is 2. The number of nitrogens with zero attached hydrogens (tertiary/aromatic N) is 9. The number of para-hydroxylation sites is 1. The molecule has 1 aromatic carbocycles. The van der Waals surface area contributed by atoms with Gasteiger partial charge in [-0.05, 0) is 69.1 Å². The van der Waals surface area contributed by atoms with Crippen molar-refractivity contribution in [3.8, 4) is 11.8 Å². The molecule has 0 radical (unpaired) electrons. The first-order valence-electron chi connectivity index (χ1n) is 22.8. The minimum atomic E-state index is -4.60. The van der Waals surface area contributed by atoms with E-state index >= 15 is 4.39 Å². The number of ether oxygens (including phenoxy) is 2. The van der Waals surface area contributed by atoms with Gasteiger partial charge in [0.2, 0.25) is 11.8 Å². The minimum absolute atomic E-state index is 0.0287. The number of aromatic nitrogens is 7. The number of alkyl halides is 6. The van der Waals surface area contributed by atoms with Crippen LogP contribution in [0, 0.1) is 17.8 Å². The van der Waals surface area contributed by atoms with Crippen molar-refractivity contribution in [1.82, 2.24) is 44.4 Å². The van der Waals surface area contributed by atoms with Crippen molar-refractivity contribution in [2.45, 2.75) is 94.2 Å². The highest BCUT2D eigenvalue weighted by Gasteiger charge is 2.46. The molecule has 7 heterocycles. The summed E-state index contributed by atoms with van der Waals surface area (Å²) < 4.78 is 101. The number of amides is 3. The zero-order valence-corrected chi connectivity index (χ0v) is 36.6. The number of morpholine rings is 1. The Morgan fingerprint density at radius 2 is 1.85 bits per heavy atom. The number of carbonyl (C=O) groups excluding carboxylic acids is 3. The number of anilines is 2. The van der Waals surface area contributed by atoms with Gasteiger partial charge in [0.1, 0.15) is 29.8 Å².